The van der Waals surface area contributed by atoms with E-state index in [-0.39, 0.29) is 11.9 Å². The first-order valence-corrected chi connectivity index (χ1v) is 10.8. The van der Waals surface area contributed by atoms with Gasteiger partial charge in [0.2, 0.25) is 5.95 Å². The van der Waals surface area contributed by atoms with E-state index in [1.807, 2.05) is 87.5 Å². The zero-order chi connectivity index (χ0) is 22.9. The van der Waals surface area contributed by atoms with Crippen LogP contribution in [0.1, 0.15) is 31.1 Å². The number of anilines is 3. The molecule has 0 spiro atoms. The molecule has 1 aromatic heterocycles. The Morgan fingerprint density at radius 2 is 1.66 bits per heavy atom. The van der Waals surface area contributed by atoms with Crippen LogP contribution in [0.5, 0.6) is 0 Å². The van der Waals surface area contributed by atoms with Crippen molar-refractivity contribution in [1.29, 1.82) is 0 Å². The molecule has 2 N–H and O–H groups in total. The van der Waals surface area contributed by atoms with Gasteiger partial charge in [0.1, 0.15) is 5.60 Å². The van der Waals surface area contributed by atoms with Gasteiger partial charge in [-0.25, -0.2) is 9.78 Å². The van der Waals surface area contributed by atoms with E-state index in [0.717, 1.165) is 22.2 Å². The van der Waals surface area contributed by atoms with Crippen LogP contribution >= 0.6 is 16.1 Å². The van der Waals surface area contributed by atoms with Gasteiger partial charge in [0.05, 0.1) is 32.9 Å². The fourth-order valence-electron chi connectivity index (χ4n) is 3.37. The number of esters is 1. The van der Waals surface area contributed by atoms with Gasteiger partial charge in [0.25, 0.3) is 0 Å². The first-order valence-electron chi connectivity index (χ1n) is 10.1. The van der Waals surface area contributed by atoms with Crippen molar-refractivity contribution in [1.82, 2.24) is 9.97 Å². The van der Waals surface area contributed by atoms with Crippen molar-refractivity contribution in [2.45, 2.75) is 26.4 Å². The van der Waals surface area contributed by atoms with Crippen LogP contribution in [0.15, 0.2) is 72.8 Å². The van der Waals surface area contributed by atoms with Crippen LogP contribution < -0.4 is 9.66 Å². The fourth-order valence-corrected chi connectivity index (χ4v) is 3.88. The van der Waals surface area contributed by atoms with Crippen molar-refractivity contribution < 1.29 is 9.53 Å². The molecule has 7 heteroatoms. The minimum atomic E-state index is -0.585. The molecule has 4 rings (SSSR count). The molecule has 3 aromatic carbocycles. The summed E-state index contributed by atoms with van der Waals surface area (Å²) in [5, 5.41) is 0.788. The molecule has 0 amide bonds. The van der Waals surface area contributed by atoms with Gasteiger partial charge >= 0.3 is 5.97 Å². The molecule has 6 nitrogen and oxygen atoms in total. The first-order chi connectivity index (χ1) is 15.2. The number of ether oxygens (including phenoxy) is 1. The number of halogens is 1. The predicted molar refractivity (Wildman–Crippen MR) is 132 cm³/mol. The molecule has 32 heavy (non-hydrogen) atoms. The van der Waals surface area contributed by atoms with Crippen molar-refractivity contribution in [3.05, 3.63) is 78.4 Å². The summed E-state index contributed by atoms with van der Waals surface area (Å²) in [5.41, 5.74) is 9.11. The largest absolute Gasteiger partial charge is 0.456 e. The SMILES string of the molecule is CC(C)(C)OC(=O)c1ccccc1-c1ccc2nc(N)nc(N(Br)c3ccccc3)c2c1. The predicted octanol–water partition coefficient (Wildman–Crippen LogP) is 6.28. The third-order valence-electron chi connectivity index (χ3n) is 4.72. The van der Waals surface area contributed by atoms with Gasteiger partial charge in [-0.1, -0.05) is 42.5 Å². The van der Waals surface area contributed by atoms with Crippen LogP contribution in [0.3, 0.4) is 0 Å². The maximum absolute atomic E-state index is 12.8. The molecular formula is C25H23BrN4O2. The Kier molecular flexibility index (Phi) is 5.84. The highest BCUT2D eigenvalue weighted by molar-refractivity contribution is 9.10. The molecular weight excluding hydrogens is 468 g/mol. The number of hydrogen-bond acceptors (Lipinski definition) is 6. The molecule has 0 aliphatic heterocycles. The Balaban J connectivity index is 1.85. The van der Waals surface area contributed by atoms with Crippen LogP contribution in [-0.2, 0) is 4.74 Å². The molecule has 0 radical (unpaired) electrons. The molecule has 1 heterocycles. The number of nitrogens with zero attached hydrogens (tertiary/aromatic N) is 3. The number of nitrogen functional groups attached to an aromatic ring is 1. The Morgan fingerprint density at radius 3 is 2.38 bits per heavy atom. The lowest BCUT2D eigenvalue weighted by molar-refractivity contribution is 0.00704. The van der Waals surface area contributed by atoms with Gasteiger partial charge in [-0.2, -0.15) is 4.98 Å². The average Bonchev–Trinajstić information content (AvgIpc) is 2.77. The summed E-state index contributed by atoms with van der Waals surface area (Å²) < 4.78 is 7.40. The summed E-state index contributed by atoms with van der Waals surface area (Å²) in [7, 11) is 0. The average molecular weight is 491 g/mol. The van der Waals surface area contributed by atoms with E-state index in [0.29, 0.717) is 16.9 Å². The summed E-state index contributed by atoms with van der Waals surface area (Å²) in [6, 6.07) is 22.9. The quantitative estimate of drug-likeness (QED) is 0.267. The second-order valence-electron chi connectivity index (χ2n) is 8.30. The molecule has 0 saturated carbocycles. The summed E-state index contributed by atoms with van der Waals surface area (Å²) in [5.74, 6) is 0.415. The van der Waals surface area contributed by atoms with Crippen molar-refractivity contribution in [3.8, 4) is 11.1 Å². The highest BCUT2D eigenvalue weighted by Crippen LogP contribution is 2.36. The second kappa shape index (κ2) is 8.59. The summed E-state index contributed by atoms with van der Waals surface area (Å²) in [6.45, 7) is 5.56. The van der Waals surface area contributed by atoms with Crippen LogP contribution in [0.4, 0.5) is 17.5 Å². The number of rotatable bonds is 4. The van der Waals surface area contributed by atoms with Gasteiger partial charge in [-0.3, -0.25) is 3.93 Å². The lowest BCUT2D eigenvalue weighted by Crippen LogP contribution is -2.24. The Hall–Kier alpha value is -3.45. The van der Waals surface area contributed by atoms with Gasteiger partial charge < -0.3 is 10.5 Å². The Morgan fingerprint density at radius 1 is 0.969 bits per heavy atom. The number of fused-ring (bicyclic) bond motifs is 1. The van der Waals surface area contributed by atoms with E-state index in [1.165, 1.54) is 0 Å². The molecule has 0 aliphatic rings. The summed E-state index contributed by atoms with van der Waals surface area (Å²) in [4.78, 5) is 21.7. The van der Waals surface area contributed by atoms with Crippen LogP contribution in [0.25, 0.3) is 22.0 Å². The molecule has 162 valence electrons. The number of benzene rings is 3. The monoisotopic (exact) mass is 490 g/mol. The molecule has 0 saturated heterocycles. The lowest BCUT2D eigenvalue weighted by Gasteiger charge is -2.21. The summed E-state index contributed by atoms with van der Waals surface area (Å²) >= 11 is 3.61. The van der Waals surface area contributed by atoms with E-state index < -0.39 is 5.60 Å². The Bertz CT molecular complexity index is 1290. The van der Waals surface area contributed by atoms with Gasteiger partial charge in [0, 0.05) is 5.39 Å². The Labute approximate surface area is 195 Å². The number of carbonyl (C=O) groups is 1. The maximum atomic E-state index is 12.8. The molecule has 0 aliphatic carbocycles. The van der Waals surface area contributed by atoms with E-state index in [9.17, 15) is 4.79 Å². The number of nitrogens with two attached hydrogens (primary N) is 1. The van der Waals surface area contributed by atoms with E-state index in [2.05, 4.69) is 26.1 Å². The second-order valence-corrected chi connectivity index (χ2v) is 9.01. The highest BCUT2D eigenvalue weighted by atomic mass is 79.9. The zero-order valence-electron chi connectivity index (χ0n) is 18.0. The minimum absolute atomic E-state index is 0.176. The van der Waals surface area contributed by atoms with Crippen molar-refractivity contribution in [3.63, 3.8) is 0 Å². The maximum Gasteiger partial charge on any atom is 0.339 e. The van der Waals surface area contributed by atoms with Crippen LogP contribution in [0.2, 0.25) is 0 Å². The number of aromatic nitrogens is 2. The van der Waals surface area contributed by atoms with Crippen LogP contribution in [-0.4, -0.2) is 21.5 Å². The number of hydrogen-bond donors (Lipinski definition) is 1. The topological polar surface area (TPSA) is 81.3 Å². The van der Waals surface area contributed by atoms with Crippen molar-refractivity contribution in [2.24, 2.45) is 0 Å². The van der Waals surface area contributed by atoms with E-state index in [4.69, 9.17) is 10.5 Å². The zero-order valence-corrected chi connectivity index (χ0v) is 19.6. The van der Waals surface area contributed by atoms with Gasteiger partial charge in [0.15, 0.2) is 5.82 Å². The third-order valence-corrected chi connectivity index (χ3v) is 5.46. The summed E-state index contributed by atoms with van der Waals surface area (Å²) in [6.07, 6.45) is 0. The number of carbonyl (C=O) groups excluding carboxylic acids is 1. The standard InChI is InChI=1S/C25H23BrN4O2/c1-25(2,3)32-23(31)19-12-8-7-11-18(19)16-13-14-21-20(15-16)22(29-24(27)28-21)30(26)17-9-5-4-6-10-17/h4-15H,1-3H3,(H2,27,28,29). The highest BCUT2D eigenvalue weighted by Gasteiger charge is 2.21. The molecule has 0 atom stereocenters. The molecule has 4 aromatic rings. The van der Waals surface area contributed by atoms with Crippen molar-refractivity contribution in [2.75, 3.05) is 9.66 Å². The molecule has 0 bridgehead atoms. The van der Waals surface area contributed by atoms with E-state index in [1.54, 1.807) is 9.99 Å². The minimum Gasteiger partial charge on any atom is -0.456 e. The normalized spacial score (nSPS) is 11.4. The smallest absolute Gasteiger partial charge is 0.339 e. The van der Waals surface area contributed by atoms with Crippen molar-refractivity contribution >= 4 is 50.5 Å². The first kappa shape index (κ1) is 21.8. The van der Waals surface area contributed by atoms with Gasteiger partial charge in [-0.15, -0.1) is 0 Å². The van der Waals surface area contributed by atoms with Crippen LogP contribution in [0, 0.1) is 0 Å². The van der Waals surface area contributed by atoms with E-state index >= 15 is 0 Å². The third kappa shape index (κ3) is 4.57. The van der Waals surface area contributed by atoms with Gasteiger partial charge in [-0.05, 0) is 62.2 Å². The lowest BCUT2D eigenvalue weighted by atomic mass is 9.98. The molecule has 0 fully saturated rings. The fraction of sp³-hybridized carbons (Fsp3) is 0.160. The molecule has 0 unspecified atom stereocenters. The number of para-hydroxylation sites is 1.